The Bertz CT molecular complexity index is 1040. The van der Waals surface area contributed by atoms with Crippen LogP contribution in [-0.4, -0.2) is 20.9 Å². The van der Waals surface area contributed by atoms with Gasteiger partial charge in [-0.25, -0.2) is 13.8 Å². The van der Waals surface area contributed by atoms with Crippen molar-refractivity contribution >= 4 is 28.1 Å². The van der Waals surface area contributed by atoms with E-state index in [4.69, 9.17) is 0 Å². The Balaban J connectivity index is 1.70. The van der Waals surface area contributed by atoms with Crippen molar-refractivity contribution in [2.75, 3.05) is 5.32 Å². The van der Waals surface area contributed by atoms with E-state index in [-0.39, 0.29) is 10.7 Å². The standard InChI is InChI=1S/C17H11F2N3O4S/c18-12-3-1-9(6-13(12)19)5-11-8-20-17(27-11)21-16(24)10-2-4-14(22(25)26)15(23)7-10/h1-4,6-8,23H,5H2,(H,20,21,24). The predicted octanol–water partition coefficient (Wildman–Crippen LogP) is 3.88. The molecule has 0 saturated heterocycles. The zero-order valence-corrected chi connectivity index (χ0v) is 14.3. The number of amides is 1. The second-order valence-corrected chi connectivity index (χ2v) is 6.59. The van der Waals surface area contributed by atoms with Gasteiger partial charge in [0.1, 0.15) is 0 Å². The summed E-state index contributed by atoms with van der Waals surface area (Å²) in [6.07, 6.45) is 1.80. The highest BCUT2D eigenvalue weighted by atomic mass is 32.1. The molecule has 0 aliphatic carbocycles. The van der Waals surface area contributed by atoms with Crippen LogP contribution in [0, 0.1) is 21.7 Å². The van der Waals surface area contributed by atoms with Gasteiger partial charge in [-0.15, -0.1) is 11.3 Å². The third kappa shape index (κ3) is 4.23. The first-order valence-electron chi connectivity index (χ1n) is 7.51. The topological polar surface area (TPSA) is 105 Å². The second kappa shape index (κ2) is 7.46. The molecule has 0 bridgehead atoms. The number of halogens is 2. The van der Waals surface area contributed by atoms with Gasteiger partial charge >= 0.3 is 5.69 Å². The maximum Gasteiger partial charge on any atom is 0.310 e. The molecule has 3 rings (SSSR count). The molecule has 27 heavy (non-hydrogen) atoms. The predicted molar refractivity (Wildman–Crippen MR) is 94.0 cm³/mol. The highest BCUT2D eigenvalue weighted by molar-refractivity contribution is 7.15. The lowest BCUT2D eigenvalue weighted by Crippen LogP contribution is -2.11. The Morgan fingerprint density at radius 2 is 2.00 bits per heavy atom. The van der Waals surface area contributed by atoms with E-state index in [0.717, 1.165) is 35.6 Å². The quantitative estimate of drug-likeness (QED) is 0.507. The summed E-state index contributed by atoms with van der Waals surface area (Å²) in [4.78, 5) is 26.8. The molecule has 2 aromatic carbocycles. The molecule has 0 unspecified atom stereocenters. The molecule has 10 heteroatoms. The summed E-state index contributed by atoms with van der Waals surface area (Å²) >= 11 is 1.14. The number of phenolic OH excluding ortho intramolecular Hbond substituents is 1. The first-order valence-corrected chi connectivity index (χ1v) is 8.32. The second-order valence-electron chi connectivity index (χ2n) is 5.47. The number of nitrogens with one attached hydrogen (secondary N) is 1. The summed E-state index contributed by atoms with van der Waals surface area (Å²) in [5.74, 6) is -3.09. The number of thiazole rings is 1. The maximum atomic E-state index is 13.3. The summed E-state index contributed by atoms with van der Waals surface area (Å²) in [5.41, 5.74) is 0.0702. The molecule has 0 fully saturated rings. The Labute approximate surface area is 155 Å². The summed E-state index contributed by atoms with van der Waals surface area (Å²) in [6, 6.07) is 6.81. The summed E-state index contributed by atoms with van der Waals surface area (Å²) in [5, 5.41) is 23.0. The number of nitro groups is 1. The van der Waals surface area contributed by atoms with Crippen molar-refractivity contribution in [2.45, 2.75) is 6.42 Å². The number of hydrogen-bond acceptors (Lipinski definition) is 6. The van der Waals surface area contributed by atoms with Crippen LogP contribution in [0.4, 0.5) is 19.6 Å². The molecular weight excluding hydrogens is 380 g/mol. The molecular formula is C17H11F2N3O4S. The summed E-state index contributed by atoms with van der Waals surface area (Å²) < 4.78 is 26.2. The Morgan fingerprint density at radius 3 is 2.67 bits per heavy atom. The number of carbonyl (C=O) groups excluding carboxylic acids is 1. The normalized spacial score (nSPS) is 10.6. The van der Waals surface area contributed by atoms with E-state index < -0.39 is 33.9 Å². The number of aromatic nitrogens is 1. The Morgan fingerprint density at radius 1 is 1.22 bits per heavy atom. The molecule has 3 aromatic rings. The van der Waals surface area contributed by atoms with Crippen molar-refractivity contribution in [3.05, 3.63) is 80.3 Å². The third-order valence-electron chi connectivity index (χ3n) is 3.57. The first-order chi connectivity index (χ1) is 12.8. The van der Waals surface area contributed by atoms with Crippen molar-refractivity contribution < 1.29 is 23.6 Å². The van der Waals surface area contributed by atoms with Crippen LogP contribution in [-0.2, 0) is 6.42 Å². The van der Waals surface area contributed by atoms with Crippen molar-refractivity contribution in [3.63, 3.8) is 0 Å². The van der Waals surface area contributed by atoms with Crippen LogP contribution < -0.4 is 5.32 Å². The average Bonchev–Trinajstić information content (AvgIpc) is 3.04. The number of phenols is 1. The van der Waals surface area contributed by atoms with E-state index in [1.54, 1.807) is 0 Å². The van der Waals surface area contributed by atoms with E-state index in [1.807, 2.05) is 0 Å². The van der Waals surface area contributed by atoms with E-state index in [1.165, 1.54) is 18.3 Å². The van der Waals surface area contributed by atoms with Crippen LogP contribution in [0.15, 0.2) is 42.6 Å². The number of rotatable bonds is 5. The minimum absolute atomic E-state index is 0.0236. The number of nitrogens with zero attached hydrogens (tertiary/aromatic N) is 2. The van der Waals surface area contributed by atoms with Gasteiger partial charge in [0.2, 0.25) is 0 Å². The van der Waals surface area contributed by atoms with E-state index >= 15 is 0 Å². The lowest BCUT2D eigenvalue weighted by Gasteiger charge is -2.03. The molecule has 1 aromatic heterocycles. The third-order valence-corrected chi connectivity index (χ3v) is 4.48. The molecule has 1 heterocycles. The summed E-state index contributed by atoms with van der Waals surface area (Å²) in [6.45, 7) is 0. The van der Waals surface area contributed by atoms with Gasteiger partial charge in [-0.3, -0.25) is 20.2 Å². The minimum atomic E-state index is -0.941. The highest BCUT2D eigenvalue weighted by Gasteiger charge is 2.17. The molecule has 0 aliphatic rings. The van der Waals surface area contributed by atoms with Crippen LogP contribution in [0.1, 0.15) is 20.8 Å². The first kappa shape index (κ1) is 18.4. The molecule has 0 aliphatic heterocycles. The molecule has 0 radical (unpaired) electrons. The Hall–Kier alpha value is -3.40. The lowest BCUT2D eigenvalue weighted by molar-refractivity contribution is -0.385. The van der Waals surface area contributed by atoms with Gasteiger partial charge in [-0.1, -0.05) is 6.07 Å². The summed E-state index contributed by atoms with van der Waals surface area (Å²) in [7, 11) is 0. The van der Waals surface area contributed by atoms with Gasteiger partial charge in [0.25, 0.3) is 5.91 Å². The molecule has 0 spiro atoms. The highest BCUT2D eigenvalue weighted by Crippen LogP contribution is 2.27. The molecule has 138 valence electrons. The zero-order chi connectivity index (χ0) is 19.6. The fourth-order valence-corrected chi connectivity index (χ4v) is 3.13. The largest absolute Gasteiger partial charge is 0.502 e. The number of benzene rings is 2. The van der Waals surface area contributed by atoms with Crippen LogP contribution >= 0.6 is 11.3 Å². The molecule has 1 amide bonds. The smallest absolute Gasteiger partial charge is 0.310 e. The SMILES string of the molecule is O=C(Nc1ncc(Cc2ccc(F)c(F)c2)s1)c1ccc([N+](=O)[O-])c(O)c1. The van der Waals surface area contributed by atoms with E-state index in [9.17, 15) is 28.8 Å². The number of nitro benzene ring substituents is 1. The number of carbonyl (C=O) groups is 1. The van der Waals surface area contributed by atoms with E-state index in [2.05, 4.69) is 10.3 Å². The van der Waals surface area contributed by atoms with Gasteiger partial charge < -0.3 is 5.11 Å². The van der Waals surface area contributed by atoms with Crippen LogP contribution in [0.5, 0.6) is 5.75 Å². The zero-order valence-electron chi connectivity index (χ0n) is 13.5. The number of aromatic hydroxyl groups is 1. The Kier molecular flexibility index (Phi) is 5.08. The molecule has 0 atom stereocenters. The van der Waals surface area contributed by atoms with Crippen molar-refractivity contribution in [1.29, 1.82) is 0 Å². The molecule has 7 nitrogen and oxygen atoms in total. The average molecular weight is 391 g/mol. The van der Waals surface area contributed by atoms with Gasteiger partial charge in [0.05, 0.1) is 4.92 Å². The molecule has 0 saturated carbocycles. The van der Waals surface area contributed by atoms with E-state index in [0.29, 0.717) is 16.9 Å². The van der Waals surface area contributed by atoms with Crippen molar-refractivity contribution in [1.82, 2.24) is 4.98 Å². The fourth-order valence-electron chi connectivity index (χ4n) is 2.29. The van der Waals surface area contributed by atoms with Gasteiger partial charge in [0, 0.05) is 29.1 Å². The van der Waals surface area contributed by atoms with Gasteiger partial charge in [-0.2, -0.15) is 0 Å². The lowest BCUT2D eigenvalue weighted by atomic mass is 10.1. The monoisotopic (exact) mass is 391 g/mol. The van der Waals surface area contributed by atoms with Gasteiger partial charge in [-0.05, 0) is 29.8 Å². The van der Waals surface area contributed by atoms with Crippen LogP contribution in [0.25, 0.3) is 0 Å². The molecule has 2 N–H and O–H groups in total. The van der Waals surface area contributed by atoms with Crippen LogP contribution in [0.3, 0.4) is 0 Å². The minimum Gasteiger partial charge on any atom is -0.502 e. The van der Waals surface area contributed by atoms with Crippen LogP contribution in [0.2, 0.25) is 0 Å². The fraction of sp³-hybridized carbons (Fsp3) is 0.0588. The maximum absolute atomic E-state index is 13.3. The van der Waals surface area contributed by atoms with Crippen molar-refractivity contribution in [2.24, 2.45) is 0 Å². The van der Waals surface area contributed by atoms with Gasteiger partial charge in [0.15, 0.2) is 22.5 Å². The number of hydrogen-bond donors (Lipinski definition) is 2. The number of anilines is 1. The van der Waals surface area contributed by atoms with Crippen molar-refractivity contribution in [3.8, 4) is 5.75 Å².